The molecule has 3 aromatic rings. The number of carbonyl (C=O) groups is 1. The summed E-state index contributed by atoms with van der Waals surface area (Å²) in [6.45, 7) is -0.208. The van der Waals surface area contributed by atoms with E-state index in [0.29, 0.717) is 28.1 Å². The number of hydrogen-bond donors (Lipinski definition) is 2. The number of nitrogens with one attached hydrogen (secondary N) is 1. The number of fused-ring (bicyclic) bond motifs is 3. The van der Waals surface area contributed by atoms with E-state index in [2.05, 4.69) is 15.4 Å². The molecule has 3 atom stereocenters. The first-order chi connectivity index (χ1) is 13.7. The lowest BCUT2D eigenvalue weighted by atomic mass is 10.1. The lowest BCUT2D eigenvalue weighted by Crippen LogP contribution is -2.31. The van der Waals surface area contributed by atoms with Crippen LogP contribution in [0.2, 0.25) is 0 Å². The highest BCUT2D eigenvalue weighted by molar-refractivity contribution is 5.94. The van der Waals surface area contributed by atoms with Crippen molar-refractivity contribution in [2.45, 2.75) is 24.8 Å². The summed E-state index contributed by atoms with van der Waals surface area (Å²) in [5.74, 6) is 0.984. The third kappa shape index (κ3) is 2.73. The van der Waals surface area contributed by atoms with Gasteiger partial charge in [0.05, 0.1) is 24.5 Å². The fourth-order valence-corrected chi connectivity index (χ4v) is 4.09. The molecule has 1 aromatic carbocycles. The molecule has 0 spiro atoms. The standard InChI is InChI=1S/C20H19N5O3/c26-11-16(12-4-2-1-3-5-12)22-20(27)18-15-9-13-8-14(13)19(15)25(23-18)17-10-24(28)7-6-21-17/h1-7,10,13-14,16,26H,8-9,11H2,(H,22,27)/t13-,14-,16+/m0/s1. The first kappa shape index (κ1) is 16.9. The van der Waals surface area contributed by atoms with Crippen LogP contribution in [0.5, 0.6) is 0 Å². The maximum absolute atomic E-state index is 13.0. The highest BCUT2D eigenvalue weighted by Gasteiger charge is 2.50. The van der Waals surface area contributed by atoms with E-state index in [9.17, 15) is 15.1 Å². The Morgan fingerprint density at radius 2 is 2.21 bits per heavy atom. The SMILES string of the molecule is O=C(N[C@H](CO)c1ccccc1)c1nn(-c2c[n+]([O-])ccn2)c2c1C[C@@H]1C[C@H]21. The minimum absolute atomic E-state index is 0.208. The lowest BCUT2D eigenvalue weighted by Gasteiger charge is -2.16. The van der Waals surface area contributed by atoms with Crippen molar-refractivity contribution in [3.05, 3.63) is 76.6 Å². The summed E-state index contributed by atoms with van der Waals surface area (Å²) in [5, 5.41) is 28.8. The second-order valence-corrected chi connectivity index (χ2v) is 7.32. The number of amides is 1. The number of carbonyl (C=O) groups excluding carboxylic acids is 1. The minimum Gasteiger partial charge on any atom is -0.619 e. The van der Waals surface area contributed by atoms with Crippen LogP contribution in [0.3, 0.4) is 0 Å². The highest BCUT2D eigenvalue weighted by atomic mass is 16.5. The third-order valence-electron chi connectivity index (χ3n) is 5.55. The van der Waals surface area contributed by atoms with Crippen molar-refractivity contribution >= 4 is 5.91 Å². The summed E-state index contributed by atoms with van der Waals surface area (Å²) in [6.07, 6.45) is 5.97. The van der Waals surface area contributed by atoms with E-state index < -0.39 is 6.04 Å². The smallest absolute Gasteiger partial charge is 0.272 e. The molecule has 142 valence electrons. The Morgan fingerprint density at radius 1 is 1.39 bits per heavy atom. The number of aromatic nitrogens is 4. The average molecular weight is 377 g/mol. The summed E-state index contributed by atoms with van der Waals surface area (Å²) in [5.41, 5.74) is 3.08. The molecule has 5 rings (SSSR count). The van der Waals surface area contributed by atoms with Gasteiger partial charge in [0, 0.05) is 11.5 Å². The molecule has 0 unspecified atom stereocenters. The highest BCUT2D eigenvalue weighted by Crippen LogP contribution is 2.57. The van der Waals surface area contributed by atoms with Gasteiger partial charge in [-0.05, 0) is 24.3 Å². The molecule has 0 radical (unpaired) electrons. The van der Waals surface area contributed by atoms with Gasteiger partial charge in [0.2, 0.25) is 12.0 Å². The van der Waals surface area contributed by atoms with Crippen LogP contribution >= 0.6 is 0 Å². The maximum atomic E-state index is 13.0. The van der Waals surface area contributed by atoms with E-state index in [-0.39, 0.29) is 12.5 Å². The molecule has 2 aliphatic rings. The van der Waals surface area contributed by atoms with E-state index in [4.69, 9.17) is 0 Å². The average Bonchev–Trinajstić information content (AvgIpc) is 3.21. The van der Waals surface area contributed by atoms with E-state index in [0.717, 1.165) is 29.7 Å². The van der Waals surface area contributed by atoms with Gasteiger partial charge in [-0.3, -0.25) is 4.79 Å². The predicted molar refractivity (Wildman–Crippen MR) is 98.6 cm³/mol. The Labute approximate surface area is 161 Å². The second-order valence-electron chi connectivity index (χ2n) is 7.32. The van der Waals surface area contributed by atoms with E-state index in [1.54, 1.807) is 4.68 Å². The fourth-order valence-electron chi connectivity index (χ4n) is 4.09. The quantitative estimate of drug-likeness (QED) is 0.510. The molecule has 8 nitrogen and oxygen atoms in total. The van der Waals surface area contributed by atoms with Gasteiger partial charge in [0.1, 0.15) is 0 Å². The summed E-state index contributed by atoms with van der Waals surface area (Å²) >= 11 is 0. The molecule has 2 N–H and O–H groups in total. The number of nitrogens with zero attached hydrogens (tertiary/aromatic N) is 4. The van der Waals surface area contributed by atoms with E-state index >= 15 is 0 Å². The molecular weight excluding hydrogens is 358 g/mol. The van der Waals surface area contributed by atoms with Crippen LogP contribution in [0.25, 0.3) is 5.82 Å². The number of rotatable bonds is 5. The minimum atomic E-state index is -0.510. The first-order valence-corrected chi connectivity index (χ1v) is 9.29. The second kappa shape index (κ2) is 6.42. The normalized spacial score (nSPS) is 20.3. The number of aliphatic hydroxyl groups excluding tert-OH is 1. The molecule has 28 heavy (non-hydrogen) atoms. The van der Waals surface area contributed by atoms with Gasteiger partial charge < -0.3 is 15.6 Å². The van der Waals surface area contributed by atoms with Crippen molar-refractivity contribution in [1.29, 1.82) is 0 Å². The van der Waals surface area contributed by atoms with Gasteiger partial charge in [0.15, 0.2) is 11.9 Å². The zero-order valence-corrected chi connectivity index (χ0v) is 15.0. The summed E-state index contributed by atoms with van der Waals surface area (Å²) < 4.78 is 2.31. The van der Waals surface area contributed by atoms with Crippen LogP contribution in [0.4, 0.5) is 0 Å². The van der Waals surface area contributed by atoms with Crippen LogP contribution in [-0.4, -0.2) is 32.4 Å². The largest absolute Gasteiger partial charge is 0.619 e. The Morgan fingerprint density at radius 3 is 2.96 bits per heavy atom. The summed E-state index contributed by atoms with van der Waals surface area (Å²) in [7, 11) is 0. The van der Waals surface area contributed by atoms with E-state index in [1.165, 1.54) is 18.6 Å². The Hall–Kier alpha value is -3.26. The van der Waals surface area contributed by atoms with Crippen LogP contribution in [0.15, 0.2) is 48.9 Å². The maximum Gasteiger partial charge on any atom is 0.272 e. The van der Waals surface area contributed by atoms with Crippen LogP contribution in [0.1, 0.15) is 45.7 Å². The lowest BCUT2D eigenvalue weighted by molar-refractivity contribution is -0.605. The van der Waals surface area contributed by atoms with Crippen molar-refractivity contribution in [2.24, 2.45) is 5.92 Å². The molecule has 0 aliphatic heterocycles. The molecular formula is C20H19N5O3. The third-order valence-corrected chi connectivity index (χ3v) is 5.55. The predicted octanol–water partition coefficient (Wildman–Crippen LogP) is 1.02. The molecule has 2 aliphatic carbocycles. The molecule has 1 fully saturated rings. The van der Waals surface area contributed by atoms with Crippen molar-refractivity contribution in [3.63, 3.8) is 0 Å². The monoisotopic (exact) mass is 377 g/mol. The molecule has 8 heteroatoms. The molecule has 1 amide bonds. The van der Waals surface area contributed by atoms with Crippen molar-refractivity contribution < 1.29 is 14.6 Å². The Kier molecular flexibility index (Phi) is 3.87. The fraction of sp³-hybridized carbons (Fsp3) is 0.300. The number of benzene rings is 1. The summed E-state index contributed by atoms with van der Waals surface area (Å²) in [4.78, 5) is 17.2. The molecule has 0 saturated heterocycles. The van der Waals surface area contributed by atoms with Gasteiger partial charge in [-0.1, -0.05) is 30.3 Å². The van der Waals surface area contributed by atoms with Gasteiger partial charge in [-0.15, -0.1) is 0 Å². The number of aliphatic hydroxyl groups is 1. The molecule has 0 bridgehead atoms. The molecule has 2 aromatic heterocycles. The van der Waals surface area contributed by atoms with Crippen LogP contribution in [-0.2, 0) is 6.42 Å². The topological polar surface area (TPSA) is 107 Å². The van der Waals surface area contributed by atoms with Gasteiger partial charge in [-0.2, -0.15) is 9.83 Å². The number of hydrogen-bond acceptors (Lipinski definition) is 5. The van der Waals surface area contributed by atoms with Gasteiger partial charge in [0.25, 0.3) is 5.91 Å². The zero-order valence-electron chi connectivity index (χ0n) is 15.0. The van der Waals surface area contributed by atoms with E-state index in [1.807, 2.05) is 30.3 Å². The van der Waals surface area contributed by atoms with Gasteiger partial charge in [-0.25, -0.2) is 9.67 Å². The Bertz CT molecular complexity index is 1050. The van der Waals surface area contributed by atoms with Gasteiger partial charge >= 0.3 is 0 Å². The Balaban J connectivity index is 1.50. The summed E-state index contributed by atoms with van der Waals surface area (Å²) in [6, 6.07) is 8.83. The molecule has 1 saturated carbocycles. The zero-order chi connectivity index (χ0) is 19.3. The molecule has 2 heterocycles. The van der Waals surface area contributed by atoms with Crippen molar-refractivity contribution in [2.75, 3.05) is 6.61 Å². The van der Waals surface area contributed by atoms with Crippen LogP contribution in [0, 0.1) is 11.1 Å². The van der Waals surface area contributed by atoms with Crippen LogP contribution < -0.4 is 10.0 Å². The van der Waals surface area contributed by atoms with Crippen molar-refractivity contribution in [3.8, 4) is 5.82 Å². The first-order valence-electron chi connectivity index (χ1n) is 9.29. The van der Waals surface area contributed by atoms with Crippen molar-refractivity contribution in [1.82, 2.24) is 20.1 Å².